The van der Waals surface area contributed by atoms with Crippen molar-refractivity contribution in [3.63, 3.8) is 0 Å². The van der Waals surface area contributed by atoms with Gasteiger partial charge in [-0.2, -0.15) is 16.9 Å². The van der Waals surface area contributed by atoms with Crippen molar-refractivity contribution in [2.75, 3.05) is 18.6 Å². The Balaban J connectivity index is 1.86. The van der Waals surface area contributed by atoms with Crippen molar-refractivity contribution in [3.05, 3.63) is 41.1 Å². The second-order valence-electron chi connectivity index (χ2n) is 5.45. The van der Waals surface area contributed by atoms with Gasteiger partial charge in [0.15, 0.2) is 0 Å². The molecule has 1 atom stereocenters. The molecule has 3 aromatic heterocycles. The van der Waals surface area contributed by atoms with Crippen molar-refractivity contribution in [1.29, 1.82) is 0 Å². The lowest BCUT2D eigenvalue weighted by Crippen LogP contribution is -2.15. The molecule has 1 N–H and O–H groups in total. The lowest BCUT2D eigenvalue weighted by atomic mass is 10.1. The van der Waals surface area contributed by atoms with Gasteiger partial charge in [-0.25, -0.2) is 9.97 Å². The van der Waals surface area contributed by atoms with Gasteiger partial charge in [0.1, 0.15) is 12.0 Å². The number of nitro groups is 1. The molecular weight excluding hydrogens is 328 g/mol. The van der Waals surface area contributed by atoms with Crippen molar-refractivity contribution < 1.29 is 4.92 Å². The summed E-state index contributed by atoms with van der Waals surface area (Å²) in [6.07, 6.45) is 10.4. The van der Waals surface area contributed by atoms with Crippen LogP contribution in [0.15, 0.2) is 31.0 Å². The molecule has 0 radical (unpaired) electrons. The number of nitrogens with one attached hydrogen (secondary N) is 1. The maximum absolute atomic E-state index is 10.7. The molecule has 0 aliphatic rings. The molecule has 0 aliphatic carbocycles. The Hall–Kier alpha value is -2.42. The standard InChI is InChI=1S/C15H18N6O2S/c1-24-7-4-12(3-6-21(22)23)20-9-11(8-19-20)14-13-2-5-16-15(13)18-10-17-14/h2,5,8-10,12H,3-4,6-7H2,1H3,(H,16,17,18). The highest BCUT2D eigenvalue weighted by Gasteiger charge is 2.17. The Morgan fingerprint density at radius 1 is 1.42 bits per heavy atom. The van der Waals surface area contributed by atoms with Gasteiger partial charge >= 0.3 is 0 Å². The zero-order valence-corrected chi connectivity index (χ0v) is 14.1. The zero-order valence-electron chi connectivity index (χ0n) is 13.3. The molecule has 0 amide bonds. The number of nitrogens with zero attached hydrogens (tertiary/aromatic N) is 5. The second-order valence-corrected chi connectivity index (χ2v) is 6.44. The topological polar surface area (TPSA) is 103 Å². The molecule has 9 heteroatoms. The van der Waals surface area contributed by atoms with Crippen LogP contribution in [0.4, 0.5) is 0 Å². The van der Waals surface area contributed by atoms with Crippen LogP contribution < -0.4 is 0 Å². The summed E-state index contributed by atoms with van der Waals surface area (Å²) in [7, 11) is 0. The highest BCUT2D eigenvalue weighted by molar-refractivity contribution is 7.98. The number of hydrogen-bond acceptors (Lipinski definition) is 6. The van der Waals surface area contributed by atoms with E-state index in [2.05, 4.69) is 20.1 Å². The Labute approximate surface area is 142 Å². The van der Waals surface area contributed by atoms with Crippen LogP contribution in [0, 0.1) is 10.1 Å². The largest absolute Gasteiger partial charge is 0.346 e. The predicted octanol–water partition coefficient (Wildman–Crippen LogP) is 2.78. The quantitative estimate of drug-likeness (QED) is 0.497. The third-order valence-corrected chi connectivity index (χ3v) is 4.55. The van der Waals surface area contributed by atoms with Crippen molar-refractivity contribution in [2.24, 2.45) is 0 Å². The summed E-state index contributed by atoms with van der Waals surface area (Å²) in [6, 6.07) is 1.94. The van der Waals surface area contributed by atoms with Gasteiger partial charge in [-0.15, -0.1) is 0 Å². The van der Waals surface area contributed by atoms with Crippen LogP contribution in [0.5, 0.6) is 0 Å². The molecule has 1 unspecified atom stereocenters. The molecule has 0 spiro atoms. The molecule has 3 rings (SSSR count). The first-order valence-electron chi connectivity index (χ1n) is 7.62. The third kappa shape index (κ3) is 3.56. The Morgan fingerprint density at radius 2 is 2.29 bits per heavy atom. The minimum absolute atomic E-state index is 0.0140. The van der Waals surface area contributed by atoms with Crippen LogP contribution in [-0.4, -0.2) is 48.2 Å². The maximum atomic E-state index is 10.7. The number of aromatic amines is 1. The maximum Gasteiger partial charge on any atom is 0.205 e. The number of rotatable bonds is 8. The van der Waals surface area contributed by atoms with Crippen LogP contribution >= 0.6 is 11.8 Å². The summed E-state index contributed by atoms with van der Waals surface area (Å²) in [5.74, 6) is 0.938. The number of hydrogen-bond donors (Lipinski definition) is 1. The SMILES string of the molecule is CSCCC(CC[N+](=O)[O-])n1cc(-c2ncnc3[nH]ccc23)cn1. The van der Waals surface area contributed by atoms with E-state index in [1.807, 2.05) is 29.4 Å². The second kappa shape index (κ2) is 7.43. The van der Waals surface area contributed by atoms with Gasteiger partial charge in [0.25, 0.3) is 0 Å². The van der Waals surface area contributed by atoms with E-state index >= 15 is 0 Å². The molecular formula is C15H18N6O2S. The lowest BCUT2D eigenvalue weighted by molar-refractivity contribution is -0.481. The molecule has 8 nitrogen and oxygen atoms in total. The highest BCUT2D eigenvalue weighted by atomic mass is 32.2. The molecule has 0 saturated carbocycles. The number of aromatic nitrogens is 5. The smallest absolute Gasteiger partial charge is 0.205 e. The fourth-order valence-electron chi connectivity index (χ4n) is 2.68. The summed E-state index contributed by atoms with van der Waals surface area (Å²) in [5, 5.41) is 16.1. The fourth-order valence-corrected chi connectivity index (χ4v) is 3.19. The van der Waals surface area contributed by atoms with Crippen LogP contribution in [0.3, 0.4) is 0 Å². The molecule has 0 saturated heterocycles. The zero-order chi connectivity index (χ0) is 16.9. The number of thioether (sulfide) groups is 1. The fraction of sp³-hybridized carbons (Fsp3) is 0.400. The van der Waals surface area contributed by atoms with E-state index < -0.39 is 0 Å². The molecule has 24 heavy (non-hydrogen) atoms. The summed E-state index contributed by atoms with van der Waals surface area (Å²) < 4.78 is 1.83. The number of H-pyrrole nitrogens is 1. The van der Waals surface area contributed by atoms with Gasteiger partial charge in [-0.05, 0) is 24.5 Å². The van der Waals surface area contributed by atoms with E-state index in [1.165, 1.54) is 6.33 Å². The van der Waals surface area contributed by atoms with Gasteiger partial charge in [-0.1, -0.05) is 0 Å². The minimum atomic E-state index is -0.274. The Bertz CT molecular complexity index is 830. The molecule has 0 aliphatic heterocycles. The third-order valence-electron chi connectivity index (χ3n) is 3.90. The van der Waals surface area contributed by atoms with E-state index in [9.17, 15) is 10.1 Å². The predicted molar refractivity (Wildman–Crippen MR) is 93.6 cm³/mol. The normalized spacial score (nSPS) is 12.5. The molecule has 0 fully saturated rings. The Kier molecular flexibility index (Phi) is 5.09. The van der Waals surface area contributed by atoms with Gasteiger partial charge in [0.2, 0.25) is 6.54 Å². The van der Waals surface area contributed by atoms with Crippen molar-refractivity contribution in [3.8, 4) is 11.3 Å². The van der Waals surface area contributed by atoms with Crippen LogP contribution in [-0.2, 0) is 0 Å². The van der Waals surface area contributed by atoms with E-state index in [0.29, 0.717) is 6.42 Å². The van der Waals surface area contributed by atoms with Gasteiger partial charge in [-0.3, -0.25) is 14.8 Å². The average molecular weight is 346 g/mol. The minimum Gasteiger partial charge on any atom is -0.346 e. The first kappa shape index (κ1) is 16.4. The summed E-state index contributed by atoms with van der Waals surface area (Å²) >= 11 is 1.73. The van der Waals surface area contributed by atoms with Crippen LogP contribution in [0.1, 0.15) is 18.9 Å². The molecule has 3 aromatic rings. The van der Waals surface area contributed by atoms with Crippen molar-refractivity contribution in [1.82, 2.24) is 24.7 Å². The first-order valence-corrected chi connectivity index (χ1v) is 9.01. The Morgan fingerprint density at radius 3 is 3.08 bits per heavy atom. The molecule has 0 bridgehead atoms. The first-order chi connectivity index (χ1) is 11.7. The summed E-state index contributed by atoms with van der Waals surface area (Å²) in [5.41, 5.74) is 2.47. The monoisotopic (exact) mass is 346 g/mol. The van der Waals surface area contributed by atoms with E-state index in [4.69, 9.17) is 0 Å². The number of fused-ring (bicyclic) bond motifs is 1. The average Bonchev–Trinajstić information content (AvgIpc) is 3.23. The molecule has 0 aromatic carbocycles. The van der Waals surface area contributed by atoms with Crippen LogP contribution in [0.25, 0.3) is 22.3 Å². The molecule has 3 heterocycles. The molecule has 126 valence electrons. The van der Waals surface area contributed by atoms with Gasteiger partial charge < -0.3 is 4.98 Å². The highest BCUT2D eigenvalue weighted by Crippen LogP contribution is 2.26. The summed E-state index contributed by atoms with van der Waals surface area (Å²) in [6.45, 7) is -0.0518. The van der Waals surface area contributed by atoms with E-state index in [1.54, 1.807) is 18.0 Å². The van der Waals surface area contributed by atoms with Gasteiger partial charge in [0.05, 0.1) is 17.9 Å². The van der Waals surface area contributed by atoms with E-state index in [-0.39, 0.29) is 17.5 Å². The van der Waals surface area contributed by atoms with E-state index in [0.717, 1.165) is 34.5 Å². The van der Waals surface area contributed by atoms with Crippen molar-refractivity contribution in [2.45, 2.75) is 18.9 Å². The summed E-state index contributed by atoms with van der Waals surface area (Å²) in [4.78, 5) is 22.0. The lowest BCUT2D eigenvalue weighted by Gasteiger charge is -2.15. The van der Waals surface area contributed by atoms with Crippen molar-refractivity contribution >= 4 is 22.8 Å². The van der Waals surface area contributed by atoms with Gasteiger partial charge in [0, 0.05) is 34.7 Å². The van der Waals surface area contributed by atoms with Crippen LogP contribution in [0.2, 0.25) is 0 Å².